The topological polar surface area (TPSA) is 78.3 Å². The highest BCUT2D eigenvalue weighted by Gasteiger charge is 2.42. The third-order valence-corrected chi connectivity index (χ3v) is 6.45. The minimum atomic E-state index is -4.51. The number of halogens is 4. The number of rotatable bonds is 6. The Hall–Kier alpha value is -2.92. The van der Waals surface area contributed by atoms with Crippen LogP contribution in [0, 0.1) is 6.92 Å². The molecule has 0 unspecified atom stereocenters. The fourth-order valence-electron chi connectivity index (χ4n) is 4.11. The largest absolute Gasteiger partial charge is 0.442 e. The molecule has 11 heteroatoms. The van der Waals surface area contributed by atoms with Crippen LogP contribution in [0.2, 0.25) is 0 Å². The van der Waals surface area contributed by atoms with Gasteiger partial charge in [-0.15, -0.1) is 0 Å². The number of aromatic nitrogens is 3. The first kappa shape index (κ1) is 27.1. The number of alkyl halides is 3. The van der Waals surface area contributed by atoms with Gasteiger partial charge in [0.25, 0.3) is 0 Å². The molecule has 4 rings (SSSR count). The predicted molar refractivity (Wildman–Crippen MR) is 136 cm³/mol. The van der Waals surface area contributed by atoms with Gasteiger partial charge in [-0.2, -0.15) is 23.0 Å². The van der Waals surface area contributed by atoms with E-state index in [-0.39, 0.29) is 22.1 Å². The fourth-order valence-corrected chi connectivity index (χ4v) is 4.44. The van der Waals surface area contributed by atoms with Crippen LogP contribution in [0.3, 0.4) is 0 Å². The average molecular weight is 581 g/mol. The van der Waals surface area contributed by atoms with Gasteiger partial charge in [0.05, 0.1) is 36.7 Å². The first-order chi connectivity index (χ1) is 17.3. The Morgan fingerprint density at radius 2 is 1.95 bits per heavy atom. The molecule has 0 saturated carbocycles. The van der Waals surface area contributed by atoms with Gasteiger partial charge in [-0.05, 0) is 73.0 Å². The molecule has 3 heterocycles. The van der Waals surface area contributed by atoms with Gasteiger partial charge >= 0.3 is 12.3 Å². The number of ether oxygens (including phenoxy) is 2. The molecular weight excluding hydrogens is 553 g/mol. The Balaban J connectivity index is 1.52. The zero-order valence-corrected chi connectivity index (χ0v) is 22.5. The molecule has 0 atom stereocenters. The van der Waals surface area contributed by atoms with Crippen molar-refractivity contribution in [3.05, 3.63) is 75.3 Å². The molecule has 198 valence electrons. The molecule has 1 N–H and O–H groups in total. The maximum Gasteiger partial charge on any atom is 0.435 e. The van der Waals surface area contributed by atoms with Crippen LogP contribution in [0.4, 0.5) is 23.7 Å². The number of nitrogens with one attached hydrogen (secondary N) is 1. The van der Waals surface area contributed by atoms with E-state index in [4.69, 9.17) is 9.47 Å². The van der Waals surface area contributed by atoms with Crippen LogP contribution < -0.4 is 5.32 Å². The molecule has 37 heavy (non-hydrogen) atoms. The van der Waals surface area contributed by atoms with Crippen molar-refractivity contribution in [2.24, 2.45) is 0 Å². The number of pyridine rings is 1. The molecule has 1 fully saturated rings. The zero-order valence-electron chi connectivity index (χ0n) is 20.9. The molecule has 0 bridgehead atoms. The Kier molecular flexibility index (Phi) is 7.40. The third-order valence-electron chi connectivity index (χ3n) is 6.02. The first-order valence-electron chi connectivity index (χ1n) is 11.7. The van der Waals surface area contributed by atoms with Crippen LogP contribution in [0.15, 0.2) is 47.2 Å². The summed E-state index contributed by atoms with van der Waals surface area (Å²) < 4.78 is 52.8. The summed E-state index contributed by atoms with van der Waals surface area (Å²) in [4.78, 5) is 16.4. The second-order valence-corrected chi connectivity index (χ2v) is 11.1. The van der Waals surface area contributed by atoms with Crippen LogP contribution >= 0.6 is 15.9 Å². The minimum absolute atomic E-state index is 0.0888. The van der Waals surface area contributed by atoms with E-state index in [1.165, 1.54) is 10.9 Å². The van der Waals surface area contributed by atoms with E-state index in [0.717, 1.165) is 22.9 Å². The van der Waals surface area contributed by atoms with Gasteiger partial charge in [-0.1, -0.05) is 12.1 Å². The van der Waals surface area contributed by atoms with E-state index in [0.29, 0.717) is 25.3 Å². The van der Waals surface area contributed by atoms with Gasteiger partial charge in [-0.25, -0.2) is 4.79 Å². The SMILES string of the molecule is Cc1cn(C(=O)OC(C)(C)C)nc1CC1(c2cccc(NCc3ncc(Br)cc3C(F)(F)F)c2)COC1. The van der Waals surface area contributed by atoms with Gasteiger partial charge < -0.3 is 14.8 Å². The van der Waals surface area contributed by atoms with Crippen molar-refractivity contribution in [2.45, 2.75) is 57.9 Å². The summed E-state index contributed by atoms with van der Waals surface area (Å²) in [5, 5.41) is 7.55. The average Bonchev–Trinajstić information content (AvgIpc) is 3.14. The van der Waals surface area contributed by atoms with Crippen LogP contribution in [-0.2, 0) is 34.0 Å². The molecule has 2 aromatic heterocycles. The van der Waals surface area contributed by atoms with Crippen LogP contribution in [0.5, 0.6) is 0 Å². The molecule has 0 aliphatic carbocycles. The predicted octanol–water partition coefficient (Wildman–Crippen LogP) is 6.27. The van der Waals surface area contributed by atoms with Crippen LogP contribution in [-0.4, -0.2) is 39.7 Å². The van der Waals surface area contributed by atoms with E-state index in [2.05, 4.69) is 31.3 Å². The second kappa shape index (κ2) is 10.1. The summed E-state index contributed by atoms with van der Waals surface area (Å²) >= 11 is 3.06. The summed E-state index contributed by atoms with van der Waals surface area (Å²) in [6.45, 7) is 8.09. The molecular formula is C26H28BrF3N4O3. The summed E-state index contributed by atoms with van der Waals surface area (Å²) in [6, 6.07) is 8.55. The van der Waals surface area contributed by atoms with Crippen LogP contribution in [0.1, 0.15) is 48.8 Å². The van der Waals surface area contributed by atoms with E-state index >= 15 is 0 Å². The highest BCUT2D eigenvalue weighted by atomic mass is 79.9. The minimum Gasteiger partial charge on any atom is -0.442 e. The van der Waals surface area contributed by atoms with Crippen molar-refractivity contribution in [3.63, 3.8) is 0 Å². The molecule has 1 aliphatic heterocycles. The van der Waals surface area contributed by atoms with Crippen molar-refractivity contribution >= 4 is 27.7 Å². The molecule has 7 nitrogen and oxygen atoms in total. The maximum atomic E-state index is 13.5. The van der Waals surface area contributed by atoms with E-state index in [1.807, 2.05) is 25.1 Å². The maximum absolute atomic E-state index is 13.5. The Morgan fingerprint density at radius 1 is 1.22 bits per heavy atom. The lowest BCUT2D eigenvalue weighted by molar-refractivity contribution is -0.138. The highest BCUT2D eigenvalue weighted by Crippen LogP contribution is 2.38. The number of nitrogens with zero attached hydrogens (tertiary/aromatic N) is 3. The standard InChI is InChI=1S/C26H28BrF3N4O3/c1-16-13-34(23(35)37-24(2,3)4)33-21(16)10-25(14-36-15-25)17-6-5-7-19(8-17)31-12-22-20(26(28,29)30)9-18(27)11-32-22/h5-9,11,13,31H,10,12,14-15H2,1-4H3. The Labute approximate surface area is 221 Å². The number of anilines is 1. The summed E-state index contributed by atoms with van der Waals surface area (Å²) in [6.07, 6.45) is -1.53. The molecule has 0 spiro atoms. The van der Waals surface area contributed by atoms with Crippen molar-refractivity contribution in [1.29, 1.82) is 0 Å². The molecule has 0 amide bonds. The smallest absolute Gasteiger partial charge is 0.435 e. The third kappa shape index (κ3) is 6.32. The zero-order chi connectivity index (χ0) is 27.0. The number of carbonyl (C=O) groups is 1. The second-order valence-electron chi connectivity index (χ2n) is 10.2. The summed E-state index contributed by atoms with van der Waals surface area (Å²) in [5.74, 6) is 0. The quantitative estimate of drug-likeness (QED) is 0.370. The van der Waals surface area contributed by atoms with E-state index in [9.17, 15) is 18.0 Å². The number of benzene rings is 1. The number of carbonyl (C=O) groups excluding carboxylic acids is 1. The van der Waals surface area contributed by atoms with Gasteiger partial charge in [0.15, 0.2) is 0 Å². The van der Waals surface area contributed by atoms with E-state index in [1.54, 1.807) is 33.0 Å². The lowest BCUT2D eigenvalue weighted by Gasteiger charge is -2.42. The van der Waals surface area contributed by atoms with Gasteiger partial charge in [0, 0.05) is 34.4 Å². The monoisotopic (exact) mass is 580 g/mol. The van der Waals surface area contributed by atoms with E-state index < -0.39 is 23.4 Å². The van der Waals surface area contributed by atoms with Crippen molar-refractivity contribution in [1.82, 2.24) is 14.8 Å². The molecule has 1 saturated heterocycles. The Bertz CT molecular complexity index is 1300. The molecule has 0 radical (unpaired) electrons. The van der Waals surface area contributed by atoms with Gasteiger partial charge in [0.2, 0.25) is 0 Å². The highest BCUT2D eigenvalue weighted by molar-refractivity contribution is 9.10. The molecule has 1 aromatic carbocycles. The number of hydrogen-bond acceptors (Lipinski definition) is 6. The van der Waals surface area contributed by atoms with Gasteiger partial charge in [0.1, 0.15) is 5.60 Å². The van der Waals surface area contributed by atoms with Crippen LogP contribution in [0.25, 0.3) is 0 Å². The van der Waals surface area contributed by atoms with Crippen molar-refractivity contribution in [3.8, 4) is 0 Å². The number of hydrogen-bond donors (Lipinski definition) is 1. The van der Waals surface area contributed by atoms with Crippen molar-refractivity contribution < 1.29 is 27.4 Å². The van der Waals surface area contributed by atoms with Crippen molar-refractivity contribution in [2.75, 3.05) is 18.5 Å². The normalized spacial score (nSPS) is 15.2. The lowest BCUT2D eigenvalue weighted by atomic mass is 9.74. The molecule has 3 aromatic rings. The summed E-state index contributed by atoms with van der Waals surface area (Å²) in [5.41, 5.74) is 1.35. The fraction of sp³-hybridized carbons (Fsp3) is 0.423. The molecule has 1 aliphatic rings. The van der Waals surface area contributed by atoms with Gasteiger partial charge in [-0.3, -0.25) is 4.98 Å². The lowest BCUT2D eigenvalue weighted by Crippen LogP contribution is -2.48. The number of aryl methyl sites for hydroxylation is 1. The summed E-state index contributed by atoms with van der Waals surface area (Å²) in [7, 11) is 0. The first-order valence-corrected chi connectivity index (χ1v) is 12.5. The Morgan fingerprint density at radius 3 is 2.57 bits per heavy atom.